The average Bonchev–Trinajstić information content (AvgIpc) is 3.71. The molecule has 0 saturated carbocycles. The van der Waals surface area contributed by atoms with E-state index in [9.17, 15) is 43.2 Å². The van der Waals surface area contributed by atoms with Crippen LogP contribution in [0, 0.1) is 17.8 Å². The molecular weight excluding hydrogens is 1190 g/mol. The van der Waals surface area contributed by atoms with Gasteiger partial charge >= 0.3 is 39.5 Å². The summed E-state index contributed by atoms with van der Waals surface area (Å²) in [5.41, 5.74) is 0. The molecule has 530 valence electrons. The number of phosphoric ester groups is 2. The van der Waals surface area contributed by atoms with Crippen molar-refractivity contribution in [2.24, 2.45) is 17.8 Å². The first-order valence-electron chi connectivity index (χ1n) is 36.2. The Balaban J connectivity index is 5.28. The van der Waals surface area contributed by atoms with Crippen LogP contribution in [0.1, 0.15) is 331 Å². The summed E-state index contributed by atoms with van der Waals surface area (Å²) in [6.07, 6.45) is 48.1. The summed E-state index contributed by atoms with van der Waals surface area (Å²) in [6.45, 7) is 11.7. The molecule has 0 amide bonds. The molecule has 0 aliphatic rings. The van der Waals surface area contributed by atoms with Crippen LogP contribution in [0.25, 0.3) is 0 Å². The van der Waals surface area contributed by atoms with Crippen LogP contribution in [0.15, 0.2) is 24.3 Å². The predicted molar refractivity (Wildman–Crippen MR) is 363 cm³/mol. The van der Waals surface area contributed by atoms with E-state index in [1.165, 1.54) is 122 Å². The molecule has 0 aromatic rings. The topological polar surface area (TPSA) is 237 Å². The molecule has 17 nitrogen and oxygen atoms in total. The zero-order valence-corrected chi connectivity index (χ0v) is 59.9. The average molecular weight is 1320 g/mol. The third-order valence-electron chi connectivity index (χ3n) is 15.8. The molecule has 0 aromatic carbocycles. The van der Waals surface area contributed by atoms with Gasteiger partial charge in [-0.15, -0.1) is 0 Å². The van der Waals surface area contributed by atoms with Crippen LogP contribution in [-0.4, -0.2) is 96.7 Å². The molecule has 0 aromatic heterocycles. The van der Waals surface area contributed by atoms with Gasteiger partial charge in [0, 0.05) is 25.7 Å². The molecule has 19 heteroatoms. The van der Waals surface area contributed by atoms with Gasteiger partial charge in [-0.25, -0.2) is 9.13 Å². The Morgan fingerprint density at radius 2 is 0.600 bits per heavy atom. The fourth-order valence-electron chi connectivity index (χ4n) is 10.2. The van der Waals surface area contributed by atoms with Crippen molar-refractivity contribution < 1.29 is 80.2 Å². The van der Waals surface area contributed by atoms with Crippen molar-refractivity contribution in [3.8, 4) is 0 Å². The van der Waals surface area contributed by atoms with Crippen molar-refractivity contribution >= 4 is 39.5 Å². The summed E-state index contributed by atoms with van der Waals surface area (Å²) in [5.74, 6) is 0.0324. The summed E-state index contributed by atoms with van der Waals surface area (Å²) < 4.78 is 68.3. The summed E-state index contributed by atoms with van der Waals surface area (Å²) in [7, 11) is -9.91. The molecule has 0 spiro atoms. The second kappa shape index (κ2) is 61.4. The highest BCUT2D eigenvalue weighted by molar-refractivity contribution is 7.47. The normalized spacial score (nSPS) is 14.4. The maximum atomic E-state index is 13.0. The number of hydrogen-bond donors (Lipinski definition) is 3. The van der Waals surface area contributed by atoms with E-state index in [1.807, 2.05) is 0 Å². The first-order chi connectivity index (χ1) is 43.2. The number of unbranched alkanes of at least 4 members (excludes halogenated alkanes) is 32. The minimum atomic E-state index is -4.96. The molecule has 0 rings (SSSR count). The Hall–Kier alpha value is -2.46. The highest BCUT2D eigenvalue weighted by atomic mass is 31.2. The lowest BCUT2D eigenvalue weighted by molar-refractivity contribution is -0.161. The highest BCUT2D eigenvalue weighted by Crippen LogP contribution is 2.45. The Bertz CT molecular complexity index is 1860. The monoisotopic (exact) mass is 1320 g/mol. The molecule has 0 bridgehead atoms. The zero-order chi connectivity index (χ0) is 66.6. The van der Waals surface area contributed by atoms with Gasteiger partial charge in [0.25, 0.3) is 0 Å². The summed E-state index contributed by atoms with van der Waals surface area (Å²) in [5, 5.41) is 10.6. The van der Waals surface area contributed by atoms with Crippen LogP contribution in [0.3, 0.4) is 0 Å². The maximum Gasteiger partial charge on any atom is 0.472 e. The molecule has 0 aliphatic heterocycles. The number of phosphoric acid groups is 2. The summed E-state index contributed by atoms with van der Waals surface area (Å²) in [6, 6.07) is 0. The van der Waals surface area contributed by atoms with Crippen molar-refractivity contribution in [2.75, 3.05) is 39.6 Å². The largest absolute Gasteiger partial charge is 0.472 e. The number of carbonyl (C=O) groups is 4. The number of hydrogen-bond acceptors (Lipinski definition) is 15. The smallest absolute Gasteiger partial charge is 0.462 e. The van der Waals surface area contributed by atoms with Crippen LogP contribution < -0.4 is 0 Å². The number of ether oxygens (including phenoxy) is 4. The second-order valence-electron chi connectivity index (χ2n) is 26.4. The molecule has 0 saturated heterocycles. The van der Waals surface area contributed by atoms with Gasteiger partial charge < -0.3 is 33.8 Å². The molecule has 5 atom stereocenters. The van der Waals surface area contributed by atoms with Crippen molar-refractivity contribution in [1.29, 1.82) is 0 Å². The molecular formula is C71H134O17P2. The van der Waals surface area contributed by atoms with E-state index >= 15 is 0 Å². The molecule has 3 N–H and O–H groups in total. The van der Waals surface area contributed by atoms with Gasteiger partial charge in [0.2, 0.25) is 0 Å². The van der Waals surface area contributed by atoms with Gasteiger partial charge in [-0.05, 0) is 69.1 Å². The van der Waals surface area contributed by atoms with E-state index in [1.54, 1.807) is 0 Å². The van der Waals surface area contributed by atoms with E-state index in [4.69, 9.17) is 37.0 Å². The molecule has 90 heavy (non-hydrogen) atoms. The van der Waals surface area contributed by atoms with Gasteiger partial charge in [0.05, 0.1) is 26.4 Å². The first-order valence-corrected chi connectivity index (χ1v) is 39.2. The van der Waals surface area contributed by atoms with Gasteiger partial charge in [0.15, 0.2) is 12.2 Å². The SMILES string of the molecule is CCCCCC/C=C\C=C/CCCCCCCC(=O)OC[C@H](COP(=O)(O)OCC(O)COP(=O)(O)OC[C@@H](COC(=O)CCCCCCCCCCC(C)C)OC(=O)CCCCCCCCCCCCC(C)C)OC(=O)CCCCCCCCCCC(C)C. The third kappa shape index (κ3) is 64.3. The maximum absolute atomic E-state index is 13.0. The van der Waals surface area contributed by atoms with Crippen molar-refractivity contribution in [3.05, 3.63) is 24.3 Å². The van der Waals surface area contributed by atoms with Gasteiger partial charge in [0.1, 0.15) is 19.3 Å². The first kappa shape index (κ1) is 87.5. The molecule has 0 fully saturated rings. The van der Waals surface area contributed by atoms with Gasteiger partial charge in [-0.1, -0.05) is 278 Å². The third-order valence-corrected chi connectivity index (χ3v) is 17.7. The van der Waals surface area contributed by atoms with E-state index < -0.39 is 97.5 Å². The number of carbonyl (C=O) groups excluding carboxylic acids is 4. The minimum Gasteiger partial charge on any atom is -0.462 e. The highest BCUT2D eigenvalue weighted by Gasteiger charge is 2.30. The number of rotatable bonds is 67. The van der Waals surface area contributed by atoms with Gasteiger partial charge in [-0.3, -0.25) is 37.3 Å². The quantitative estimate of drug-likeness (QED) is 0.0169. The lowest BCUT2D eigenvalue weighted by Gasteiger charge is -2.21. The van der Waals surface area contributed by atoms with Crippen molar-refractivity contribution in [1.82, 2.24) is 0 Å². The summed E-state index contributed by atoms with van der Waals surface area (Å²) >= 11 is 0. The molecule has 0 aliphatic carbocycles. The standard InChI is InChI=1S/C71H134O17P2/c1-8-9-10-11-12-13-14-15-16-17-18-22-31-38-45-52-68(73)81-58-67(88-71(76)55-48-41-34-27-25-30-37-44-51-64(6)7)61-86-90(79,80)84-57-65(72)56-83-89(77,78)85-60-66(59-82-69(74)53-46-39-32-26-24-29-36-43-50-63(4)5)87-70(75)54-47-40-33-23-20-19-21-28-35-42-49-62(2)3/h13-16,62-67,72H,8-12,17-61H2,1-7H3,(H,77,78)(H,79,80)/b14-13-,16-15-/t65?,66-,67-/m1/s1. The van der Waals surface area contributed by atoms with E-state index in [2.05, 4.69) is 72.8 Å². The van der Waals surface area contributed by atoms with Crippen molar-refractivity contribution in [2.45, 2.75) is 349 Å². The summed E-state index contributed by atoms with van der Waals surface area (Å²) in [4.78, 5) is 72.5. The number of allylic oxidation sites excluding steroid dienone is 4. The fourth-order valence-corrected chi connectivity index (χ4v) is 11.8. The lowest BCUT2D eigenvalue weighted by atomic mass is 10.0. The van der Waals surface area contributed by atoms with Crippen LogP contribution in [0.2, 0.25) is 0 Å². The Morgan fingerprint density at radius 3 is 0.900 bits per heavy atom. The van der Waals surface area contributed by atoms with Crippen LogP contribution in [-0.2, 0) is 65.4 Å². The predicted octanol–water partition coefficient (Wildman–Crippen LogP) is 19.8. The number of aliphatic hydroxyl groups excluding tert-OH is 1. The lowest BCUT2D eigenvalue weighted by Crippen LogP contribution is -2.30. The van der Waals surface area contributed by atoms with Gasteiger partial charge in [-0.2, -0.15) is 0 Å². The number of esters is 4. The van der Waals surface area contributed by atoms with E-state index in [0.717, 1.165) is 121 Å². The van der Waals surface area contributed by atoms with E-state index in [-0.39, 0.29) is 25.7 Å². The minimum absolute atomic E-state index is 0.0972. The zero-order valence-electron chi connectivity index (χ0n) is 58.1. The molecule has 0 radical (unpaired) electrons. The number of aliphatic hydroxyl groups is 1. The second-order valence-corrected chi connectivity index (χ2v) is 29.3. The fraction of sp³-hybridized carbons (Fsp3) is 0.887. The Kier molecular flexibility index (Phi) is 59.7. The molecule has 0 heterocycles. The van der Waals surface area contributed by atoms with Crippen LogP contribution >= 0.6 is 15.6 Å². The van der Waals surface area contributed by atoms with Crippen molar-refractivity contribution in [3.63, 3.8) is 0 Å². The molecule has 3 unspecified atom stereocenters. The Labute approximate surface area is 548 Å². The van der Waals surface area contributed by atoms with E-state index in [0.29, 0.717) is 31.6 Å². The Morgan fingerprint density at radius 1 is 0.344 bits per heavy atom. The van der Waals surface area contributed by atoms with Crippen LogP contribution in [0.5, 0.6) is 0 Å². The van der Waals surface area contributed by atoms with Crippen LogP contribution in [0.4, 0.5) is 0 Å².